The number of carbonyl (C=O) groups is 1. The van der Waals surface area contributed by atoms with Crippen LogP contribution in [0.5, 0.6) is 0 Å². The summed E-state index contributed by atoms with van der Waals surface area (Å²) >= 11 is -0.212. The minimum atomic E-state index is -4.76. The van der Waals surface area contributed by atoms with Gasteiger partial charge in [0.15, 0.2) is 0 Å². The van der Waals surface area contributed by atoms with Gasteiger partial charge in [0, 0.05) is 0 Å². The molecule has 0 fully saturated rings. The molecule has 7 nitrogen and oxygen atoms in total. The SMILES string of the molecule is CC(=O)Nc1ccc([As](=O)(O)OO)cc1.S=C=Nc1ccc(C=Cc2ccccc2)cc1. The Morgan fingerprint density at radius 1 is 1.00 bits per heavy atom. The minimum Gasteiger partial charge on any atom is -0.195 e. The Kier molecular flexibility index (Phi) is 9.98. The molecule has 9 heteroatoms. The number of carbonyl (C=O) groups excluding carboxylic acids is 1. The molecule has 164 valence electrons. The molecule has 1 atom stereocenters. The number of thiocarbonyl (C=S) groups is 1. The second kappa shape index (κ2) is 12.7. The maximum Gasteiger partial charge on any atom is 0.0739 e. The molecule has 0 spiro atoms. The van der Waals surface area contributed by atoms with Gasteiger partial charge in [-0.1, -0.05) is 54.6 Å². The fourth-order valence-electron chi connectivity index (χ4n) is 2.45. The molecule has 0 heterocycles. The molecule has 3 N–H and O–H groups in total. The van der Waals surface area contributed by atoms with Gasteiger partial charge in [-0.25, -0.2) is 0 Å². The first-order chi connectivity index (χ1) is 15.3. The number of hydrogen-bond donors (Lipinski definition) is 3. The summed E-state index contributed by atoms with van der Waals surface area (Å²) in [5, 5.41) is 13.1. The summed E-state index contributed by atoms with van der Waals surface area (Å²) in [5.41, 5.74) is 3.65. The van der Waals surface area contributed by atoms with Crippen LogP contribution in [0.2, 0.25) is 0 Å². The molecule has 0 aliphatic rings. The largest absolute Gasteiger partial charge is 0.195 e. The average Bonchev–Trinajstić information content (AvgIpc) is 2.80. The van der Waals surface area contributed by atoms with Crippen LogP contribution in [0.4, 0.5) is 11.4 Å². The number of benzene rings is 3. The molecule has 0 radical (unpaired) electrons. The summed E-state index contributed by atoms with van der Waals surface area (Å²) in [5.74, 6) is -0.237. The molecule has 0 aliphatic carbocycles. The number of nitrogens with zero attached hydrogens (tertiary/aromatic N) is 1. The molecule has 3 aromatic rings. The molecule has 1 unspecified atom stereocenters. The van der Waals surface area contributed by atoms with Crippen LogP contribution in [0.25, 0.3) is 12.2 Å². The topological polar surface area (TPSA) is 108 Å². The van der Waals surface area contributed by atoms with E-state index in [4.69, 9.17) is 9.35 Å². The van der Waals surface area contributed by atoms with Gasteiger partial charge in [0.05, 0.1) is 10.8 Å². The van der Waals surface area contributed by atoms with E-state index in [9.17, 15) is 8.53 Å². The Morgan fingerprint density at radius 3 is 2.06 bits per heavy atom. The predicted molar refractivity (Wildman–Crippen MR) is 129 cm³/mol. The fraction of sp³-hybridized carbons (Fsp3) is 0.0435. The molecule has 3 aromatic carbocycles. The summed E-state index contributed by atoms with van der Waals surface area (Å²) in [6.07, 6.45) is 4.15. The average molecular weight is 512 g/mol. The van der Waals surface area contributed by atoms with Crippen molar-refractivity contribution < 1.29 is 21.8 Å². The molecule has 0 saturated carbocycles. The zero-order valence-corrected chi connectivity index (χ0v) is 19.8. The maximum atomic E-state index is 11.2. The monoisotopic (exact) mass is 512 g/mol. The summed E-state index contributed by atoms with van der Waals surface area (Å²) < 4.78 is 23.8. The minimum absolute atomic E-state index is 0.00438. The summed E-state index contributed by atoms with van der Waals surface area (Å²) in [7, 11) is 0. The standard InChI is InChI=1S/C15H11NS.C8H10AsNO5/c17-12-16-15-10-8-14(9-11-15)7-6-13-4-2-1-3-5-13;1-6(11)10-8-4-2-7(3-5-8)9(12,13)15-14/h1-11H;2-5,14H,1H3,(H,10,11)(H,12,13). The molecule has 0 saturated heterocycles. The Hall–Kier alpha value is -3.09. The third kappa shape index (κ3) is 8.57. The van der Waals surface area contributed by atoms with Crippen LogP contribution in [0.15, 0.2) is 83.9 Å². The van der Waals surface area contributed by atoms with Crippen molar-refractivity contribution in [1.82, 2.24) is 0 Å². The van der Waals surface area contributed by atoms with Gasteiger partial charge in [0.2, 0.25) is 0 Å². The van der Waals surface area contributed by atoms with Crippen molar-refractivity contribution in [3.05, 3.63) is 90.0 Å². The van der Waals surface area contributed by atoms with Crippen molar-refractivity contribution in [1.29, 1.82) is 0 Å². The first-order valence-corrected chi connectivity index (χ1v) is 13.0. The Morgan fingerprint density at radius 2 is 1.56 bits per heavy atom. The van der Waals surface area contributed by atoms with Gasteiger partial charge >= 0.3 is 88.4 Å². The normalized spacial score (nSPS) is 12.1. The predicted octanol–water partition coefficient (Wildman–Crippen LogP) is 4.29. The second-order valence-corrected chi connectivity index (χ2v) is 10.2. The van der Waals surface area contributed by atoms with Crippen LogP contribution < -0.4 is 9.67 Å². The van der Waals surface area contributed by atoms with Crippen molar-refractivity contribution in [2.45, 2.75) is 6.92 Å². The van der Waals surface area contributed by atoms with E-state index in [1.807, 2.05) is 42.5 Å². The van der Waals surface area contributed by atoms with E-state index in [0.717, 1.165) is 11.3 Å². The van der Waals surface area contributed by atoms with Gasteiger partial charge in [-0.15, -0.1) is 0 Å². The smallest absolute Gasteiger partial charge is 0.0739 e. The molecule has 0 aromatic heterocycles. The van der Waals surface area contributed by atoms with Gasteiger partial charge in [0.25, 0.3) is 0 Å². The summed E-state index contributed by atoms with van der Waals surface area (Å²) in [6, 6.07) is 23.6. The van der Waals surface area contributed by atoms with Gasteiger partial charge in [0.1, 0.15) is 0 Å². The van der Waals surface area contributed by atoms with Crippen molar-refractivity contribution >= 4 is 65.3 Å². The molecule has 0 bridgehead atoms. The van der Waals surface area contributed by atoms with Gasteiger partial charge < -0.3 is 0 Å². The molecular formula is C23H21AsN2O5S. The van der Waals surface area contributed by atoms with Crippen molar-refractivity contribution in [3.8, 4) is 0 Å². The Labute approximate surface area is 194 Å². The first kappa shape index (κ1) is 25.2. The van der Waals surface area contributed by atoms with E-state index < -0.39 is 14.2 Å². The van der Waals surface area contributed by atoms with Crippen LogP contribution in [-0.4, -0.2) is 34.6 Å². The Bertz CT molecular complexity index is 1140. The summed E-state index contributed by atoms with van der Waals surface area (Å²) in [6.45, 7) is 1.35. The quantitative estimate of drug-likeness (QED) is 0.114. The van der Waals surface area contributed by atoms with Crippen LogP contribution >= 0.6 is 12.2 Å². The van der Waals surface area contributed by atoms with E-state index >= 15 is 0 Å². The van der Waals surface area contributed by atoms with Gasteiger partial charge in [-0.05, 0) is 35.5 Å². The van der Waals surface area contributed by atoms with E-state index in [0.29, 0.717) is 5.69 Å². The van der Waals surface area contributed by atoms with E-state index in [1.165, 1.54) is 36.8 Å². The van der Waals surface area contributed by atoms with Crippen molar-refractivity contribution in [2.75, 3.05) is 5.32 Å². The first-order valence-electron chi connectivity index (χ1n) is 9.29. The van der Waals surface area contributed by atoms with Crippen molar-refractivity contribution in [2.24, 2.45) is 4.99 Å². The number of nitrogens with one attached hydrogen (secondary N) is 1. The maximum absolute atomic E-state index is 11.2. The number of rotatable bonds is 6. The van der Waals surface area contributed by atoms with Crippen LogP contribution in [0, 0.1) is 0 Å². The van der Waals surface area contributed by atoms with Gasteiger partial charge in [-0.2, -0.15) is 4.99 Å². The molecular weight excluding hydrogens is 491 g/mol. The third-order valence-corrected chi connectivity index (χ3v) is 6.51. The molecule has 0 aliphatic heterocycles. The van der Waals surface area contributed by atoms with Crippen LogP contribution in [0.1, 0.15) is 18.1 Å². The molecule has 1 amide bonds. The number of hydrogen-bond acceptors (Lipinski definition) is 6. The van der Waals surface area contributed by atoms with Crippen LogP contribution in [0.3, 0.4) is 0 Å². The Balaban J connectivity index is 0.000000229. The van der Waals surface area contributed by atoms with Crippen LogP contribution in [-0.2, 0) is 12.4 Å². The third-order valence-electron chi connectivity index (χ3n) is 3.96. The number of amides is 1. The summed E-state index contributed by atoms with van der Waals surface area (Å²) in [4.78, 5) is 14.6. The van der Waals surface area contributed by atoms with E-state index in [-0.39, 0.29) is 10.3 Å². The van der Waals surface area contributed by atoms with E-state index in [1.54, 1.807) is 0 Å². The number of isothiocyanates is 1. The van der Waals surface area contributed by atoms with E-state index in [2.05, 4.69) is 55.8 Å². The van der Waals surface area contributed by atoms with Crippen molar-refractivity contribution in [3.63, 3.8) is 0 Å². The van der Waals surface area contributed by atoms with Gasteiger partial charge in [-0.3, -0.25) is 0 Å². The molecule has 32 heavy (non-hydrogen) atoms. The fourth-order valence-corrected chi connectivity index (χ4v) is 3.86. The zero-order valence-electron chi connectivity index (χ0n) is 17.1. The molecule has 3 rings (SSSR count). The number of aliphatic imine (C=N–C) groups is 1. The second-order valence-electron chi connectivity index (χ2n) is 6.37. The number of anilines is 1. The zero-order chi connectivity index (χ0) is 23.4.